The second kappa shape index (κ2) is 7.40. The first-order valence-electron chi connectivity index (χ1n) is 5.38. The summed E-state index contributed by atoms with van der Waals surface area (Å²) in [4.78, 5) is 22.0. The van der Waals surface area contributed by atoms with Crippen LogP contribution in [0.25, 0.3) is 0 Å². The predicted molar refractivity (Wildman–Crippen MR) is 66.8 cm³/mol. The molecule has 5 heteroatoms. The number of Topliss-reactive ketones (excluding diaryl/α,β-unsaturated/α-hetero) is 1. The van der Waals surface area contributed by atoms with Crippen LogP contribution in [0, 0.1) is 0 Å². The molecule has 1 atom stereocenters. The molecule has 0 bridgehead atoms. The van der Waals surface area contributed by atoms with Crippen molar-refractivity contribution in [2.75, 3.05) is 5.73 Å². The van der Waals surface area contributed by atoms with E-state index in [4.69, 9.17) is 16.6 Å². The number of carbonyl (C=O) groups is 2. The summed E-state index contributed by atoms with van der Waals surface area (Å²) in [5.41, 5.74) is 11.5. The zero-order valence-electron chi connectivity index (χ0n) is 10.0. The normalized spacial score (nSPS) is 11.0. The maximum absolute atomic E-state index is 11.6. The highest BCUT2D eigenvalue weighted by Gasteiger charge is 2.18. The van der Waals surface area contributed by atoms with Crippen molar-refractivity contribution in [1.82, 2.24) is 0 Å². The van der Waals surface area contributed by atoms with Gasteiger partial charge in [0.25, 0.3) is 0 Å². The van der Waals surface area contributed by atoms with E-state index in [9.17, 15) is 9.59 Å². The number of benzene rings is 1. The average molecular weight is 238 g/mol. The highest BCUT2D eigenvalue weighted by molar-refractivity contribution is 6.02. The van der Waals surface area contributed by atoms with Crippen molar-refractivity contribution in [1.29, 1.82) is 0 Å². The van der Waals surface area contributed by atoms with Gasteiger partial charge in [0.15, 0.2) is 5.78 Å². The van der Waals surface area contributed by atoms with Crippen LogP contribution in [0.5, 0.6) is 0 Å². The van der Waals surface area contributed by atoms with Gasteiger partial charge in [-0.15, -0.1) is 0 Å². The molecular weight excluding hydrogens is 220 g/mol. The molecule has 0 aliphatic carbocycles. The number of anilines is 1. The Balaban J connectivity index is 0.00000121. The molecule has 1 aromatic carbocycles. The predicted octanol–water partition coefficient (Wildman–Crippen LogP) is 1.28. The van der Waals surface area contributed by atoms with Crippen molar-refractivity contribution in [2.24, 2.45) is 5.73 Å². The van der Waals surface area contributed by atoms with Gasteiger partial charge in [-0.2, -0.15) is 0 Å². The number of carboxylic acids is 1. The molecule has 0 saturated carbocycles. The number of aliphatic carboxylic acids is 1. The van der Waals surface area contributed by atoms with E-state index in [1.54, 1.807) is 24.3 Å². The van der Waals surface area contributed by atoms with E-state index in [1.807, 2.05) is 13.8 Å². The third kappa shape index (κ3) is 4.65. The number of carbonyl (C=O) groups excluding carboxylic acids is 1. The van der Waals surface area contributed by atoms with Gasteiger partial charge in [-0.25, -0.2) is 0 Å². The minimum atomic E-state index is -1.20. The molecule has 1 rings (SSSR count). The zero-order chi connectivity index (χ0) is 13.4. The molecule has 0 saturated heterocycles. The summed E-state index contributed by atoms with van der Waals surface area (Å²) in [7, 11) is 0. The first kappa shape index (κ1) is 15.1. The van der Waals surface area contributed by atoms with Gasteiger partial charge in [-0.1, -0.05) is 26.0 Å². The lowest BCUT2D eigenvalue weighted by Gasteiger charge is -2.07. The van der Waals surface area contributed by atoms with Crippen LogP contribution in [-0.2, 0) is 4.79 Å². The van der Waals surface area contributed by atoms with E-state index < -0.39 is 12.0 Å². The van der Waals surface area contributed by atoms with Gasteiger partial charge in [-0.3, -0.25) is 9.59 Å². The van der Waals surface area contributed by atoms with Crippen molar-refractivity contribution in [3.63, 3.8) is 0 Å². The third-order valence-corrected chi connectivity index (χ3v) is 1.98. The topological polar surface area (TPSA) is 106 Å². The van der Waals surface area contributed by atoms with Crippen LogP contribution >= 0.6 is 0 Å². The van der Waals surface area contributed by atoms with Crippen molar-refractivity contribution in [3.8, 4) is 0 Å². The quantitative estimate of drug-likeness (QED) is 0.541. The zero-order valence-corrected chi connectivity index (χ0v) is 10.0. The fourth-order valence-electron chi connectivity index (χ4n) is 1.15. The van der Waals surface area contributed by atoms with Crippen LogP contribution in [0.1, 0.15) is 30.6 Å². The molecule has 17 heavy (non-hydrogen) atoms. The highest BCUT2D eigenvalue weighted by atomic mass is 16.4. The van der Waals surface area contributed by atoms with E-state index in [2.05, 4.69) is 0 Å². The Kier molecular flexibility index (Phi) is 6.58. The fourth-order valence-corrected chi connectivity index (χ4v) is 1.15. The lowest BCUT2D eigenvalue weighted by atomic mass is 10.0. The molecule has 1 aromatic rings. The van der Waals surface area contributed by atoms with Crippen molar-refractivity contribution >= 4 is 17.4 Å². The Hall–Kier alpha value is -1.88. The standard InChI is InChI=1S/C10H12N2O3.C2H6/c11-7-4-2-1-3-6(7)9(13)5-8(12)10(14)15;1-2/h1-4,8H,5,11-12H2,(H,14,15);1-2H3/t8-;/m0./s1. The van der Waals surface area contributed by atoms with E-state index in [1.165, 1.54) is 0 Å². The summed E-state index contributed by atoms with van der Waals surface area (Å²) in [6.07, 6.45) is -0.246. The number of nitrogens with two attached hydrogens (primary N) is 2. The number of rotatable bonds is 4. The first-order chi connectivity index (χ1) is 8.02. The molecule has 0 fully saturated rings. The maximum atomic E-state index is 11.6. The number of hydrogen-bond donors (Lipinski definition) is 3. The largest absolute Gasteiger partial charge is 0.480 e. The van der Waals surface area contributed by atoms with Gasteiger partial charge in [0.2, 0.25) is 0 Å². The Morgan fingerprint density at radius 2 is 1.82 bits per heavy atom. The Morgan fingerprint density at radius 1 is 1.29 bits per heavy atom. The summed E-state index contributed by atoms with van der Waals surface area (Å²) in [6, 6.07) is 5.31. The molecule has 0 spiro atoms. The Bertz CT molecular complexity index is 391. The van der Waals surface area contributed by atoms with Crippen LogP contribution in [0.15, 0.2) is 24.3 Å². The number of carboxylic acid groups (broad SMARTS) is 1. The number of ketones is 1. The lowest BCUT2D eigenvalue weighted by Crippen LogP contribution is -2.32. The van der Waals surface area contributed by atoms with Crippen molar-refractivity contribution in [2.45, 2.75) is 26.3 Å². The summed E-state index contributed by atoms with van der Waals surface area (Å²) in [6.45, 7) is 4.00. The minimum Gasteiger partial charge on any atom is -0.480 e. The molecule has 94 valence electrons. The van der Waals surface area contributed by atoms with E-state index in [0.29, 0.717) is 11.3 Å². The van der Waals surface area contributed by atoms with Crippen LogP contribution in [0.4, 0.5) is 5.69 Å². The van der Waals surface area contributed by atoms with Gasteiger partial charge >= 0.3 is 5.97 Å². The molecule has 5 N–H and O–H groups in total. The maximum Gasteiger partial charge on any atom is 0.320 e. The van der Waals surface area contributed by atoms with Gasteiger partial charge < -0.3 is 16.6 Å². The summed E-state index contributed by atoms with van der Waals surface area (Å²) < 4.78 is 0. The number of para-hydroxylation sites is 1. The molecule has 0 radical (unpaired) electrons. The number of hydrogen-bond acceptors (Lipinski definition) is 4. The molecule has 0 unspecified atom stereocenters. The Morgan fingerprint density at radius 3 is 2.29 bits per heavy atom. The van der Waals surface area contributed by atoms with Crippen molar-refractivity contribution in [3.05, 3.63) is 29.8 Å². The number of nitrogen functional groups attached to an aromatic ring is 1. The lowest BCUT2D eigenvalue weighted by molar-refractivity contribution is -0.138. The summed E-state index contributed by atoms with van der Waals surface area (Å²) >= 11 is 0. The molecule has 0 aliphatic rings. The van der Waals surface area contributed by atoms with Gasteiger partial charge in [-0.05, 0) is 12.1 Å². The molecular formula is C12H18N2O3. The van der Waals surface area contributed by atoms with E-state index >= 15 is 0 Å². The second-order valence-corrected chi connectivity index (χ2v) is 3.16. The molecule has 0 heterocycles. The fraction of sp³-hybridized carbons (Fsp3) is 0.333. The summed E-state index contributed by atoms with van der Waals surface area (Å²) in [5, 5.41) is 8.54. The monoisotopic (exact) mass is 238 g/mol. The van der Waals surface area contributed by atoms with Crippen LogP contribution < -0.4 is 11.5 Å². The van der Waals surface area contributed by atoms with E-state index in [0.717, 1.165) is 0 Å². The molecule has 0 amide bonds. The molecule has 0 aromatic heterocycles. The highest BCUT2D eigenvalue weighted by Crippen LogP contribution is 2.13. The smallest absolute Gasteiger partial charge is 0.320 e. The SMILES string of the molecule is CC.Nc1ccccc1C(=O)C[C@H](N)C(=O)O. The molecule has 0 aliphatic heterocycles. The van der Waals surface area contributed by atoms with Crippen LogP contribution in [0.3, 0.4) is 0 Å². The first-order valence-corrected chi connectivity index (χ1v) is 5.38. The van der Waals surface area contributed by atoms with Crippen LogP contribution in [0.2, 0.25) is 0 Å². The van der Waals surface area contributed by atoms with Crippen molar-refractivity contribution < 1.29 is 14.7 Å². The Labute approximate surface area is 100 Å². The van der Waals surface area contributed by atoms with Crippen LogP contribution in [-0.4, -0.2) is 22.9 Å². The van der Waals surface area contributed by atoms with Gasteiger partial charge in [0.1, 0.15) is 6.04 Å². The third-order valence-electron chi connectivity index (χ3n) is 1.98. The summed E-state index contributed by atoms with van der Waals surface area (Å²) in [5.74, 6) is -1.55. The minimum absolute atomic E-state index is 0.246. The average Bonchev–Trinajstić information content (AvgIpc) is 2.31. The van der Waals surface area contributed by atoms with Gasteiger partial charge in [0, 0.05) is 17.7 Å². The second-order valence-electron chi connectivity index (χ2n) is 3.16. The molecule has 5 nitrogen and oxygen atoms in total. The van der Waals surface area contributed by atoms with Gasteiger partial charge in [0.05, 0.1) is 0 Å². The van der Waals surface area contributed by atoms with E-state index in [-0.39, 0.29) is 12.2 Å².